The SMILES string of the molecule is COc1ccc(-c2ccnc(N[C@@H]3CO[C@@H]4[C@@H]3OC[C@@H]4NCC3CCCCC3)n2)cc1. The topological polar surface area (TPSA) is 77.5 Å². The molecule has 0 amide bonds. The highest BCUT2D eigenvalue weighted by Gasteiger charge is 2.47. The Bertz CT molecular complexity index is 856. The number of ether oxygens (including phenoxy) is 3. The van der Waals surface area contributed by atoms with E-state index in [1.165, 1.54) is 32.1 Å². The fourth-order valence-corrected chi connectivity index (χ4v) is 5.02. The van der Waals surface area contributed by atoms with Crippen LogP contribution in [-0.2, 0) is 9.47 Å². The first-order valence-electron chi connectivity index (χ1n) is 11.5. The molecule has 0 radical (unpaired) electrons. The molecule has 2 aliphatic heterocycles. The Morgan fingerprint density at radius 3 is 2.48 bits per heavy atom. The van der Waals surface area contributed by atoms with Crippen LogP contribution in [0.1, 0.15) is 32.1 Å². The zero-order valence-electron chi connectivity index (χ0n) is 18.1. The van der Waals surface area contributed by atoms with Gasteiger partial charge in [-0.1, -0.05) is 19.3 Å². The molecule has 5 rings (SSSR count). The fraction of sp³-hybridized carbons (Fsp3) is 0.583. The van der Waals surface area contributed by atoms with Crippen molar-refractivity contribution in [2.75, 3.05) is 32.2 Å². The number of fused-ring (bicyclic) bond motifs is 1. The third kappa shape index (κ3) is 4.68. The first kappa shape index (κ1) is 20.7. The van der Waals surface area contributed by atoms with E-state index in [1.807, 2.05) is 30.3 Å². The molecular weight excluding hydrogens is 392 g/mol. The van der Waals surface area contributed by atoms with Crippen molar-refractivity contribution in [1.29, 1.82) is 0 Å². The molecule has 2 N–H and O–H groups in total. The minimum atomic E-state index is 0.0251. The van der Waals surface area contributed by atoms with Gasteiger partial charge in [-0.25, -0.2) is 9.97 Å². The highest BCUT2D eigenvalue weighted by molar-refractivity contribution is 5.61. The van der Waals surface area contributed by atoms with Crippen LogP contribution in [0.3, 0.4) is 0 Å². The molecule has 7 heteroatoms. The number of nitrogens with one attached hydrogen (secondary N) is 2. The van der Waals surface area contributed by atoms with Crippen LogP contribution in [0.15, 0.2) is 36.5 Å². The van der Waals surface area contributed by atoms with Crippen molar-refractivity contribution in [3.05, 3.63) is 36.5 Å². The van der Waals surface area contributed by atoms with Gasteiger partial charge in [0.05, 0.1) is 38.1 Å². The summed E-state index contributed by atoms with van der Waals surface area (Å²) < 4.78 is 17.5. The number of benzene rings is 1. The van der Waals surface area contributed by atoms with E-state index in [2.05, 4.69) is 15.6 Å². The van der Waals surface area contributed by atoms with Gasteiger partial charge >= 0.3 is 0 Å². The molecule has 3 aliphatic rings. The second kappa shape index (κ2) is 9.51. The van der Waals surface area contributed by atoms with Crippen LogP contribution in [0.25, 0.3) is 11.3 Å². The van der Waals surface area contributed by atoms with Gasteiger partial charge in [-0.05, 0) is 55.6 Å². The van der Waals surface area contributed by atoms with Crippen LogP contribution in [0.4, 0.5) is 5.95 Å². The predicted octanol–water partition coefficient (Wildman–Crippen LogP) is 3.27. The standard InChI is InChI=1S/C24H32N4O3/c1-29-18-9-7-17(8-10-18)19-11-12-25-24(27-19)28-21-15-31-22-20(14-30-23(21)22)26-13-16-5-3-2-4-6-16/h7-12,16,20-23,26H,2-6,13-15H2,1H3,(H,25,27,28)/t20-,21+,22-,23+/m0/s1. The van der Waals surface area contributed by atoms with Gasteiger partial charge in [-0.2, -0.15) is 0 Å². The Morgan fingerprint density at radius 1 is 0.968 bits per heavy atom. The minimum Gasteiger partial charge on any atom is -0.497 e. The summed E-state index contributed by atoms with van der Waals surface area (Å²) in [6.45, 7) is 2.38. The van der Waals surface area contributed by atoms with Crippen LogP contribution in [0.2, 0.25) is 0 Å². The van der Waals surface area contributed by atoms with Crippen molar-refractivity contribution >= 4 is 5.95 Å². The van der Waals surface area contributed by atoms with E-state index in [-0.39, 0.29) is 24.3 Å². The number of hydrogen-bond donors (Lipinski definition) is 2. The molecule has 1 saturated carbocycles. The van der Waals surface area contributed by atoms with E-state index in [0.29, 0.717) is 19.2 Å². The summed E-state index contributed by atoms with van der Waals surface area (Å²) in [7, 11) is 1.67. The molecule has 1 aromatic carbocycles. The van der Waals surface area contributed by atoms with Crippen LogP contribution in [0, 0.1) is 5.92 Å². The molecule has 0 spiro atoms. The zero-order valence-corrected chi connectivity index (χ0v) is 18.1. The van der Waals surface area contributed by atoms with Gasteiger partial charge in [0.2, 0.25) is 5.95 Å². The summed E-state index contributed by atoms with van der Waals surface area (Å²) in [5.74, 6) is 2.23. The molecule has 4 atom stereocenters. The van der Waals surface area contributed by atoms with Crippen LogP contribution >= 0.6 is 0 Å². The summed E-state index contributed by atoms with van der Waals surface area (Å²) >= 11 is 0. The summed E-state index contributed by atoms with van der Waals surface area (Å²) in [6.07, 6.45) is 8.74. The lowest BCUT2D eigenvalue weighted by Crippen LogP contribution is -2.44. The van der Waals surface area contributed by atoms with Gasteiger partial charge in [0.1, 0.15) is 18.0 Å². The highest BCUT2D eigenvalue weighted by atomic mass is 16.6. The van der Waals surface area contributed by atoms with Crippen molar-refractivity contribution in [2.45, 2.75) is 56.4 Å². The van der Waals surface area contributed by atoms with E-state index in [0.717, 1.165) is 29.5 Å². The predicted molar refractivity (Wildman–Crippen MR) is 119 cm³/mol. The molecule has 2 saturated heterocycles. The molecule has 0 bridgehead atoms. The molecule has 3 fully saturated rings. The fourth-order valence-electron chi connectivity index (χ4n) is 5.02. The quantitative estimate of drug-likeness (QED) is 0.706. The number of rotatable bonds is 7. The summed E-state index contributed by atoms with van der Waals surface area (Å²) in [5, 5.41) is 7.17. The van der Waals surface area contributed by atoms with E-state index < -0.39 is 0 Å². The van der Waals surface area contributed by atoms with E-state index in [9.17, 15) is 0 Å². The largest absolute Gasteiger partial charge is 0.497 e. The third-order valence-corrected chi connectivity index (χ3v) is 6.80. The number of nitrogens with zero attached hydrogens (tertiary/aromatic N) is 2. The lowest BCUT2D eigenvalue weighted by atomic mass is 9.89. The maximum absolute atomic E-state index is 6.14. The first-order valence-corrected chi connectivity index (χ1v) is 11.5. The zero-order chi connectivity index (χ0) is 21.0. The van der Waals surface area contributed by atoms with Gasteiger partial charge < -0.3 is 24.8 Å². The molecule has 2 aromatic rings. The maximum Gasteiger partial charge on any atom is 0.223 e. The Balaban J connectivity index is 1.18. The normalized spacial score (nSPS) is 28.4. The highest BCUT2D eigenvalue weighted by Crippen LogP contribution is 2.30. The summed E-state index contributed by atoms with van der Waals surface area (Å²) in [5.41, 5.74) is 1.89. The second-order valence-corrected chi connectivity index (χ2v) is 8.86. The maximum atomic E-state index is 6.14. The van der Waals surface area contributed by atoms with Gasteiger partial charge in [0, 0.05) is 11.8 Å². The molecule has 7 nitrogen and oxygen atoms in total. The van der Waals surface area contributed by atoms with Crippen molar-refractivity contribution in [2.24, 2.45) is 5.92 Å². The lowest BCUT2D eigenvalue weighted by Gasteiger charge is -2.25. The molecule has 1 aromatic heterocycles. The van der Waals surface area contributed by atoms with Crippen LogP contribution in [0.5, 0.6) is 5.75 Å². The third-order valence-electron chi connectivity index (χ3n) is 6.80. The number of hydrogen-bond acceptors (Lipinski definition) is 7. The van der Waals surface area contributed by atoms with Crippen molar-refractivity contribution in [1.82, 2.24) is 15.3 Å². The second-order valence-electron chi connectivity index (χ2n) is 8.86. The molecular formula is C24H32N4O3. The smallest absolute Gasteiger partial charge is 0.223 e. The average molecular weight is 425 g/mol. The van der Waals surface area contributed by atoms with Gasteiger partial charge in [-0.3, -0.25) is 0 Å². The van der Waals surface area contributed by atoms with Crippen LogP contribution in [-0.4, -0.2) is 61.1 Å². The summed E-state index contributed by atoms with van der Waals surface area (Å²) in [4.78, 5) is 9.12. The van der Waals surface area contributed by atoms with E-state index in [1.54, 1.807) is 13.3 Å². The van der Waals surface area contributed by atoms with Gasteiger partial charge in [-0.15, -0.1) is 0 Å². The average Bonchev–Trinajstić information content (AvgIpc) is 3.42. The van der Waals surface area contributed by atoms with E-state index >= 15 is 0 Å². The monoisotopic (exact) mass is 424 g/mol. The first-order chi connectivity index (χ1) is 15.3. The lowest BCUT2D eigenvalue weighted by molar-refractivity contribution is 0.0671. The molecule has 1 aliphatic carbocycles. The van der Waals surface area contributed by atoms with Crippen molar-refractivity contribution in [3.8, 4) is 17.0 Å². The Labute approximate surface area is 183 Å². The van der Waals surface area contributed by atoms with Gasteiger partial charge in [0.25, 0.3) is 0 Å². The van der Waals surface area contributed by atoms with Gasteiger partial charge in [0.15, 0.2) is 0 Å². The Morgan fingerprint density at radius 2 is 1.71 bits per heavy atom. The molecule has 3 heterocycles. The van der Waals surface area contributed by atoms with Crippen molar-refractivity contribution in [3.63, 3.8) is 0 Å². The number of methoxy groups -OCH3 is 1. The molecule has 166 valence electrons. The molecule has 31 heavy (non-hydrogen) atoms. The summed E-state index contributed by atoms with van der Waals surface area (Å²) in [6, 6.07) is 10.1. The minimum absolute atomic E-state index is 0.0251. The molecule has 0 unspecified atom stereocenters. The number of aromatic nitrogens is 2. The Kier molecular flexibility index (Phi) is 6.34. The number of anilines is 1. The van der Waals surface area contributed by atoms with Crippen LogP contribution < -0.4 is 15.4 Å². The van der Waals surface area contributed by atoms with E-state index in [4.69, 9.17) is 19.2 Å². The Hall–Kier alpha value is -2.22. The van der Waals surface area contributed by atoms with Crippen molar-refractivity contribution < 1.29 is 14.2 Å².